The van der Waals surface area contributed by atoms with Crippen LogP contribution in [0, 0.1) is 5.82 Å². The summed E-state index contributed by atoms with van der Waals surface area (Å²) in [6.07, 6.45) is 1.58. The molecule has 8 nitrogen and oxygen atoms in total. The summed E-state index contributed by atoms with van der Waals surface area (Å²) in [7, 11) is -2.23. The lowest BCUT2D eigenvalue weighted by molar-refractivity contribution is -0.116. The predicted molar refractivity (Wildman–Crippen MR) is 116 cm³/mol. The summed E-state index contributed by atoms with van der Waals surface area (Å²) in [5.74, 6) is -1.59. The first-order chi connectivity index (χ1) is 14.7. The van der Waals surface area contributed by atoms with E-state index in [1.54, 1.807) is 37.4 Å². The van der Waals surface area contributed by atoms with Crippen molar-refractivity contribution in [2.24, 2.45) is 0 Å². The average molecular weight is 452 g/mol. The van der Waals surface area contributed by atoms with Gasteiger partial charge in [0, 0.05) is 32.4 Å². The summed E-state index contributed by atoms with van der Waals surface area (Å²) in [4.78, 5) is 25.0. The maximum Gasteiger partial charge on any atom is 0.253 e. The van der Waals surface area contributed by atoms with Gasteiger partial charge in [-0.15, -0.1) is 0 Å². The normalized spacial score (nSPS) is 11.4. The number of rotatable bonds is 11. The van der Waals surface area contributed by atoms with Gasteiger partial charge in [0.05, 0.1) is 24.1 Å². The highest BCUT2D eigenvalue weighted by Crippen LogP contribution is 2.16. The van der Waals surface area contributed by atoms with Gasteiger partial charge in [0.25, 0.3) is 5.91 Å². The summed E-state index contributed by atoms with van der Waals surface area (Å²) < 4.78 is 44.0. The van der Waals surface area contributed by atoms with Crippen molar-refractivity contribution in [3.05, 3.63) is 65.5 Å². The van der Waals surface area contributed by atoms with E-state index in [2.05, 4.69) is 10.6 Å². The minimum atomic E-state index is -3.80. The lowest BCUT2D eigenvalue weighted by Gasteiger charge is -2.20. The third kappa shape index (κ3) is 7.74. The van der Waals surface area contributed by atoms with Gasteiger partial charge < -0.3 is 15.4 Å². The molecule has 0 aliphatic rings. The van der Waals surface area contributed by atoms with Gasteiger partial charge in [-0.1, -0.05) is 30.3 Å². The van der Waals surface area contributed by atoms with E-state index in [0.29, 0.717) is 19.6 Å². The van der Waals surface area contributed by atoms with Crippen LogP contribution in [0.3, 0.4) is 0 Å². The number of sulfonamides is 1. The van der Waals surface area contributed by atoms with Gasteiger partial charge in [-0.05, 0) is 24.6 Å². The average Bonchev–Trinajstić information content (AvgIpc) is 2.72. The monoisotopic (exact) mass is 451 g/mol. The Morgan fingerprint density at radius 1 is 1.10 bits per heavy atom. The van der Waals surface area contributed by atoms with Crippen LogP contribution in [0.4, 0.5) is 10.1 Å². The second-order valence-corrected chi connectivity index (χ2v) is 8.80. The molecule has 10 heteroatoms. The number of hydrogen-bond acceptors (Lipinski definition) is 5. The van der Waals surface area contributed by atoms with Crippen LogP contribution < -0.4 is 10.6 Å². The van der Waals surface area contributed by atoms with Crippen molar-refractivity contribution in [1.29, 1.82) is 0 Å². The first kappa shape index (κ1) is 24.4. The fourth-order valence-electron chi connectivity index (χ4n) is 2.76. The summed E-state index contributed by atoms with van der Waals surface area (Å²) >= 11 is 0. The van der Waals surface area contributed by atoms with Gasteiger partial charge in [-0.2, -0.15) is 4.31 Å². The molecule has 2 rings (SSSR count). The molecule has 0 saturated heterocycles. The number of halogens is 1. The predicted octanol–water partition coefficient (Wildman–Crippen LogP) is 1.99. The molecular formula is C21H26FN3O5S. The smallest absolute Gasteiger partial charge is 0.253 e. The van der Waals surface area contributed by atoms with Crippen LogP contribution in [-0.2, 0) is 26.1 Å². The second kappa shape index (κ2) is 11.5. The highest BCUT2D eigenvalue weighted by Gasteiger charge is 2.22. The molecule has 0 aliphatic heterocycles. The molecule has 0 heterocycles. The van der Waals surface area contributed by atoms with Gasteiger partial charge in [0.1, 0.15) is 5.82 Å². The Balaban J connectivity index is 2.09. The second-order valence-electron chi connectivity index (χ2n) is 6.82. The molecule has 0 aromatic heterocycles. The van der Waals surface area contributed by atoms with Crippen LogP contribution in [-0.4, -0.2) is 57.6 Å². The first-order valence-corrected chi connectivity index (χ1v) is 11.4. The van der Waals surface area contributed by atoms with Gasteiger partial charge in [0.15, 0.2) is 0 Å². The first-order valence-electron chi connectivity index (χ1n) is 9.57. The Kier molecular flexibility index (Phi) is 9.10. The van der Waals surface area contributed by atoms with Crippen LogP contribution in [0.15, 0.2) is 48.5 Å². The molecule has 0 fully saturated rings. The number of hydrogen-bond donors (Lipinski definition) is 2. The SMILES string of the molecule is COCCCNC(=O)c1ccccc1NC(=O)CN(Cc1ccccc1F)S(C)(=O)=O. The number of para-hydroxylation sites is 1. The molecule has 2 amide bonds. The summed E-state index contributed by atoms with van der Waals surface area (Å²) in [6, 6.07) is 12.1. The number of carbonyl (C=O) groups is 2. The van der Waals surface area contributed by atoms with Crippen LogP contribution in [0.5, 0.6) is 0 Å². The number of methoxy groups -OCH3 is 1. The molecule has 0 aliphatic carbocycles. The van der Waals surface area contributed by atoms with Gasteiger partial charge >= 0.3 is 0 Å². The van der Waals surface area contributed by atoms with Crippen molar-refractivity contribution in [1.82, 2.24) is 9.62 Å². The topological polar surface area (TPSA) is 105 Å². The van der Waals surface area contributed by atoms with E-state index in [1.165, 1.54) is 18.2 Å². The van der Waals surface area contributed by atoms with Crippen molar-refractivity contribution in [2.75, 3.05) is 38.4 Å². The van der Waals surface area contributed by atoms with E-state index in [0.717, 1.165) is 10.6 Å². The molecule has 0 atom stereocenters. The number of anilines is 1. The molecule has 168 valence electrons. The van der Waals surface area contributed by atoms with Gasteiger partial charge in [-0.25, -0.2) is 12.8 Å². The number of amides is 2. The number of ether oxygens (including phenoxy) is 1. The fourth-order valence-corrected chi connectivity index (χ4v) is 3.49. The zero-order valence-corrected chi connectivity index (χ0v) is 18.2. The maximum absolute atomic E-state index is 13.9. The summed E-state index contributed by atoms with van der Waals surface area (Å²) in [5, 5.41) is 5.30. The highest BCUT2D eigenvalue weighted by molar-refractivity contribution is 7.88. The molecule has 0 spiro atoms. The fraction of sp³-hybridized carbons (Fsp3) is 0.333. The number of carbonyl (C=O) groups excluding carboxylic acids is 2. The molecule has 0 bridgehead atoms. The Bertz CT molecular complexity index is 1010. The minimum Gasteiger partial charge on any atom is -0.385 e. The molecule has 2 aromatic carbocycles. The van der Waals surface area contributed by atoms with E-state index in [-0.39, 0.29) is 29.3 Å². The largest absolute Gasteiger partial charge is 0.385 e. The lowest BCUT2D eigenvalue weighted by atomic mass is 10.1. The van der Waals surface area contributed by atoms with E-state index in [9.17, 15) is 22.4 Å². The molecule has 2 N–H and O–H groups in total. The van der Waals surface area contributed by atoms with Gasteiger partial charge in [-0.3, -0.25) is 9.59 Å². The minimum absolute atomic E-state index is 0.150. The number of nitrogens with zero attached hydrogens (tertiary/aromatic N) is 1. The number of benzene rings is 2. The lowest BCUT2D eigenvalue weighted by Crippen LogP contribution is -2.37. The van der Waals surface area contributed by atoms with E-state index < -0.39 is 28.3 Å². The van der Waals surface area contributed by atoms with E-state index >= 15 is 0 Å². The molecule has 0 radical (unpaired) electrons. The van der Waals surface area contributed by atoms with E-state index in [4.69, 9.17) is 4.74 Å². The van der Waals surface area contributed by atoms with Crippen molar-refractivity contribution >= 4 is 27.5 Å². The Labute approximate surface area is 181 Å². The van der Waals surface area contributed by atoms with Crippen LogP contribution in [0.25, 0.3) is 0 Å². The quantitative estimate of drug-likeness (QED) is 0.509. The number of nitrogens with one attached hydrogen (secondary N) is 2. The maximum atomic E-state index is 13.9. The van der Waals surface area contributed by atoms with Crippen molar-refractivity contribution in [3.63, 3.8) is 0 Å². The standard InChI is InChI=1S/C21H26FN3O5S/c1-30-13-7-12-23-21(27)17-9-4-6-11-19(17)24-20(26)15-25(31(2,28)29)14-16-8-3-5-10-18(16)22/h3-6,8-11H,7,12-15H2,1-2H3,(H,23,27)(H,24,26). The Morgan fingerprint density at radius 2 is 1.77 bits per heavy atom. The zero-order valence-electron chi connectivity index (χ0n) is 17.4. The Morgan fingerprint density at radius 3 is 2.45 bits per heavy atom. The third-order valence-corrected chi connectivity index (χ3v) is 5.55. The van der Waals surface area contributed by atoms with Gasteiger partial charge in [0.2, 0.25) is 15.9 Å². The van der Waals surface area contributed by atoms with Crippen LogP contribution >= 0.6 is 0 Å². The van der Waals surface area contributed by atoms with Crippen LogP contribution in [0.1, 0.15) is 22.3 Å². The molecular weight excluding hydrogens is 425 g/mol. The molecule has 2 aromatic rings. The highest BCUT2D eigenvalue weighted by atomic mass is 32.2. The summed E-state index contributed by atoms with van der Waals surface area (Å²) in [6.45, 7) is 0.0823. The third-order valence-electron chi connectivity index (χ3n) is 4.35. The van der Waals surface area contributed by atoms with Crippen LogP contribution in [0.2, 0.25) is 0 Å². The molecule has 0 saturated carbocycles. The zero-order chi connectivity index (χ0) is 22.9. The molecule has 31 heavy (non-hydrogen) atoms. The van der Waals surface area contributed by atoms with Crippen molar-refractivity contribution in [2.45, 2.75) is 13.0 Å². The van der Waals surface area contributed by atoms with Crippen molar-refractivity contribution in [3.8, 4) is 0 Å². The molecule has 0 unspecified atom stereocenters. The van der Waals surface area contributed by atoms with Crippen molar-refractivity contribution < 1.29 is 27.1 Å². The van der Waals surface area contributed by atoms with E-state index in [1.807, 2.05) is 0 Å². The Hall–Kier alpha value is -2.82. The summed E-state index contributed by atoms with van der Waals surface area (Å²) in [5.41, 5.74) is 0.640.